The van der Waals surface area contributed by atoms with Crippen LogP contribution in [0.1, 0.15) is 16.7 Å². The lowest BCUT2D eigenvalue weighted by atomic mass is 10.1. The number of hydrogen-bond donors (Lipinski definition) is 1. The van der Waals surface area contributed by atoms with Crippen LogP contribution in [0.4, 0.5) is 5.69 Å². The highest BCUT2D eigenvalue weighted by atomic mass is 32.2. The first-order valence-corrected chi connectivity index (χ1v) is 10.1. The highest BCUT2D eigenvalue weighted by molar-refractivity contribution is 8.04. The molecule has 0 unspecified atom stereocenters. The Morgan fingerprint density at radius 3 is 2.70 bits per heavy atom. The highest BCUT2D eigenvalue weighted by Crippen LogP contribution is 2.39. The van der Waals surface area contributed by atoms with Gasteiger partial charge in [0.15, 0.2) is 11.5 Å². The summed E-state index contributed by atoms with van der Waals surface area (Å²) in [6.07, 6.45) is 1.83. The summed E-state index contributed by atoms with van der Waals surface area (Å²) in [5.74, 6) is 0.991. The van der Waals surface area contributed by atoms with Crippen LogP contribution in [0.15, 0.2) is 76.5 Å². The minimum absolute atomic E-state index is 0.133. The van der Waals surface area contributed by atoms with E-state index in [9.17, 15) is 10.1 Å². The largest absolute Gasteiger partial charge is 0.493 e. The summed E-state index contributed by atoms with van der Waals surface area (Å²) in [4.78, 5) is 14.0. The van der Waals surface area contributed by atoms with Crippen LogP contribution in [0.25, 0.3) is 6.08 Å². The normalized spacial score (nSPS) is 13.9. The van der Waals surface area contributed by atoms with E-state index in [2.05, 4.69) is 11.4 Å². The van der Waals surface area contributed by atoms with E-state index in [-0.39, 0.29) is 12.5 Å². The van der Waals surface area contributed by atoms with Gasteiger partial charge in [-0.2, -0.15) is 5.26 Å². The van der Waals surface area contributed by atoms with Crippen LogP contribution in [0.5, 0.6) is 11.5 Å². The van der Waals surface area contributed by atoms with Gasteiger partial charge in [0.2, 0.25) is 0 Å². The molecule has 1 aliphatic heterocycles. The van der Waals surface area contributed by atoms with Gasteiger partial charge in [-0.25, -0.2) is 0 Å². The average molecular weight is 414 g/mol. The summed E-state index contributed by atoms with van der Waals surface area (Å²) >= 11 is 1.44. The Labute approximate surface area is 178 Å². The van der Waals surface area contributed by atoms with Crippen molar-refractivity contribution in [1.82, 2.24) is 0 Å². The fourth-order valence-electron chi connectivity index (χ4n) is 3.06. The predicted octanol–water partition coefficient (Wildman–Crippen LogP) is 5.23. The number of nitriles is 1. The number of amides is 1. The number of nitrogens with one attached hydrogen (secondary N) is 1. The number of benzene rings is 3. The molecular weight excluding hydrogens is 396 g/mol. The van der Waals surface area contributed by atoms with Gasteiger partial charge in [0, 0.05) is 10.5 Å². The summed E-state index contributed by atoms with van der Waals surface area (Å²) in [6.45, 7) is 0.259. The molecule has 1 heterocycles. The van der Waals surface area contributed by atoms with Crippen molar-refractivity contribution in [3.8, 4) is 17.6 Å². The quantitative estimate of drug-likeness (QED) is 0.579. The fraction of sp³-hybridized carbons (Fsp3) is 0.0833. The van der Waals surface area contributed by atoms with Crippen molar-refractivity contribution in [2.24, 2.45) is 0 Å². The average Bonchev–Trinajstić information content (AvgIpc) is 2.78. The first kappa shape index (κ1) is 19.6. The Kier molecular flexibility index (Phi) is 5.73. The van der Waals surface area contributed by atoms with Gasteiger partial charge in [-0.3, -0.25) is 4.79 Å². The molecule has 3 aromatic carbocycles. The molecule has 0 radical (unpaired) electrons. The minimum Gasteiger partial charge on any atom is -0.493 e. The van der Waals surface area contributed by atoms with Gasteiger partial charge in [-0.1, -0.05) is 48.2 Å². The predicted molar refractivity (Wildman–Crippen MR) is 117 cm³/mol. The van der Waals surface area contributed by atoms with Gasteiger partial charge in [0.1, 0.15) is 6.61 Å². The number of hydrogen-bond acceptors (Lipinski definition) is 5. The van der Waals surface area contributed by atoms with Gasteiger partial charge in [-0.05, 0) is 42.0 Å². The second kappa shape index (κ2) is 8.76. The molecule has 0 aliphatic carbocycles. The smallest absolute Gasteiger partial charge is 0.262 e. The Morgan fingerprint density at radius 1 is 1.07 bits per heavy atom. The zero-order valence-electron chi connectivity index (χ0n) is 16.2. The highest BCUT2D eigenvalue weighted by Gasteiger charge is 2.20. The molecule has 1 N–H and O–H groups in total. The molecule has 1 amide bonds. The third-order valence-corrected chi connectivity index (χ3v) is 5.68. The van der Waals surface area contributed by atoms with Gasteiger partial charge in [0.25, 0.3) is 5.91 Å². The zero-order valence-corrected chi connectivity index (χ0v) is 17.0. The van der Waals surface area contributed by atoms with E-state index in [0.29, 0.717) is 22.0 Å². The molecule has 1 aliphatic rings. The number of carbonyl (C=O) groups is 1. The van der Waals surface area contributed by atoms with Gasteiger partial charge in [-0.15, -0.1) is 0 Å². The van der Waals surface area contributed by atoms with E-state index in [1.54, 1.807) is 19.2 Å². The Balaban J connectivity index is 1.55. The minimum atomic E-state index is -0.133. The Morgan fingerprint density at radius 2 is 1.87 bits per heavy atom. The van der Waals surface area contributed by atoms with Crippen molar-refractivity contribution in [3.05, 3.63) is 88.3 Å². The zero-order chi connectivity index (χ0) is 20.9. The molecule has 30 heavy (non-hydrogen) atoms. The maximum atomic E-state index is 12.4. The summed E-state index contributed by atoms with van der Waals surface area (Å²) in [5, 5.41) is 12.1. The maximum Gasteiger partial charge on any atom is 0.262 e. The second-order valence-electron chi connectivity index (χ2n) is 6.53. The lowest BCUT2D eigenvalue weighted by Gasteiger charge is -2.18. The van der Waals surface area contributed by atoms with Crippen LogP contribution in [-0.2, 0) is 11.4 Å². The van der Waals surface area contributed by atoms with E-state index in [1.165, 1.54) is 11.8 Å². The van der Waals surface area contributed by atoms with Crippen LogP contribution in [0.3, 0.4) is 0 Å². The SMILES string of the molecule is COc1cc(/C=C2\Sc3ccccc3NC2=O)ccc1OCc1ccccc1C#N. The molecule has 4 rings (SSSR count). The number of para-hydroxylation sites is 1. The number of fused-ring (bicyclic) bond motifs is 1. The van der Waals surface area contributed by atoms with Crippen LogP contribution in [0.2, 0.25) is 0 Å². The molecule has 6 heteroatoms. The molecule has 0 saturated carbocycles. The fourth-order valence-corrected chi connectivity index (χ4v) is 4.01. The lowest BCUT2D eigenvalue weighted by Crippen LogP contribution is -2.17. The number of carbonyl (C=O) groups excluding carboxylic acids is 1. The lowest BCUT2D eigenvalue weighted by molar-refractivity contribution is -0.112. The van der Waals surface area contributed by atoms with Crippen molar-refractivity contribution >= 4 is 29.4 Å². The van der Waals surface area contributed by atoms with Crippen molar-refractivity contribution in [1.29, 1.82) is 5.26 Å². The summed E-state index contributed by atoms with van der Waals surface area (Å²) < 4.78 is 11.4. The van der Waals surface area contributed by atoms with E-state index in [4.69, 9.17) is 9.47 Å². The molecular formula is C24H18N2O3S. The summed E-state index contributed by atoms with van der Waals surface area (Å²) in [7, 11) is 1.57. The van der Waals surface area contributed by atoms with Gasteiger partial charge >= 0.3 is 0 Å². The monoisotopic (exact) mass is 414 g/mol. The van der Waals surface area contributed by atoms with Crippen LogP contribution >= 0.6 is 11.8 Å². The van der Waals surface area contributed by atoms with Gasteiger partial charge < -0.3 is 14.8 Å². The molecule has 0 fully saturated rings. The molecule has 0 saturated heterocycles. The topological polar surface area (TPSA) is 71.3 Å². The number of thioether (sulfide) groups is 1. The van der Waals surface area contributed by atoms with E-state index in [0.717, 1.165) is 21.7 Å². The van der Waals surface area contributed by atoms with Crippen molar-refractivity contribution < 1.29 is 14.3 Å². The third-order valence-electron chi connectivity index (χ3n) is 4.59. The van der Waals surface area contributed by atoms with E-state index >= 15 is 0 Å². The van der Waals surface area contributed by atoms with Crippen molar-refractivity contribution in [3.63, 3.8) is 0 Å². The standard InChI is InChI=1S/C24H18N2O3S/c1-28-21-12-16(13-23-24(27)26-19-8-4-5-9-22(19)30-23)10-11-20(21)29-15-18-7-3-2-6-17(18)14-25/h2-13H,15H2,1H3,(H,26,27)/b23-13-. The molecule has 5 nitrogen and oxygen atoms in total. The number of anilines is 1. The molecule has 0 atom stereocenters. The number of ether oxygens (including phenoxy) is 2. The summed E-state index contributed by atoms with van der Waals surface area (Å²) in [6, 6.07) is 22.7. The first-order valence-electron chi connectivity index (χ1n) is 9.26. The Bertz CT molecular complexity index is 1180. The van der Waals surface area contributed by atoms with Gasteiger partial charge in [0.05, 0.1) is 29.3 Å². The number of rotatable bonds is 5. The summed E-state index contributed by atoms with van der Waals surface area (Å²) in [5.41, 5.74) is 3.04. The van der Waals surface area contributed by atoms with E-state index in [1.807, 2.05) is 60.7 Å². The van der Waals surface area contributed by atoms with Crippen molar-refractivity contribution in [2.75, 3.05) is 12.4 Å². The molecule has 0 bridgehead atoms. The van der Waals surface area contributed by atoms with Crippen LogP contribution in [-0.4, -0.2) is 13.0 Å². The van der Waals surface area contributed by atoms with Crippen LogP contribution in [0, 0.1) is 11.3 Å². The number of methoxy groups -OCH3 is 1. The molecule has 0 aromatic heterocycles. The van der Waals surface area contributed by atoms with E-state index < -0.39 is 0 Å². The molecule has 0 spiro atoms. The second-order valence-corrected chi connectivity index (χ2v) is 7.61. The third kappa shape index (κ3) is 4.17. The maximum absolute atomic E-state index is 12.4. The van der Waals surface area contributed by atoms with Crippen LogP contribution < -0.4 is 14.8 Å². The first-order chi connectivity index (χ1) is 14.7. The molecule has 3 aromatic rings. The van der Waals surface area contributed by atoms with Crippen molar-refractivity contribution in [2.45, 2.75) is 11.5 Å². The Hall–Kier alpha value is -3.69. The number of nitrogens with zero attached hydrogens (tertiary/aromatic N) is 1. The molecule has 148 valence electrons.